The lowest BCUT2D eigenvalue weighted by Crippen LogP contribution is -2.61. The molecule has 116 valence electrons. The van der Waals surface area contributed by atoms with E-state index in [4.69, 9.17) is 10.00 Å². The first-order valence-corrected chi connectivity index (χ1v) is 7.94. The van der Waals surface area contributed by atoms with Gasteiger partial charge in [-0.2, -0.15) is 5.26 Å². The Balaban J connectivity index is 1.71. The highest BCUT2D eigenvalue weighted by Gasteiger charge is 2.54. The van der Waals surface area contributed by atoms with Crippen molar-refractivity contribution in [2.45, 2.75) is 18.9 Å². The predicted octanol–water partition coefficient (Wildman–Crippen LogP) is 2.71. The molecule has 2 fully saturated rings. The molecule has 23 heavy (non-hydrogen) atoms. The Morgan fingerprint density at radius 3 is 2.70 bits per heavy atom. The van der Waals surface area contributed by atoms with Gasteiger partial charge in [-0.25, -0.2) is 4.98 Å². The van der Waals surface area contributed by atoms with Gasteiger partial charge in [0, 0.05) is 25.2 Å². The Morgan fingerprint density at radius 2 is 1.96 bits per heavy atom. The van der Waals surface area contributed by atoms with Gasteiger partial charge in [-0.05, 0) is 18.4 Å². The second-order valence-corrected chi connectivity index (χ2v) is 6.29. The second kappa shape index (κ2) is 5.64. The summed E-state index contributed by atoms with van der Waals surface area (Å²) in [4.78, 5) is 10.9. The van der Waals surface area contributed by atoms with Gasteiger partial charge in [0.1, 0.15) is 11.9 Å². The quantitative estimate of drug-likeness (QED) is 0.853. The molecule has 2 aromatic rings. The molecule has 1 atom stereocenters. The van der Waals surface area contributed by atoms with Gasteiger partial charge in [-0.3, -0.25) is 4.98 Å². The summed E-state index contributed by atoms with van der Waals surface area (Å²) in [6.45, 7) is 2.58. The molecule has 2 aliphatic rings. The summed E-state index contributed by atoms with van der Waals surface area (Å²) in [6, 6.07) is 12.9. The number of aromatic nitrogens is 2. The molecule has 1 aromatic heterocycles. The molecule has 0 bridgehead atoms. The van der Waals surface area contributed by atoms with E-state index in [0.717, 1.165) is 38.4 Å². The summed E-state index contributed by atoms with van der Waals surface area (Å²) in [5.41, 5.74) is 1.90. The maximum absolute atomic E-state index is 9.07. The molecule has 5 heteroatoms. The van der Waals surface area contributed by atoms with Gasteiger partial charge in [-0.15, -0.1) is 0 Å². The molecule has 2 saturated heterocycles. The lowest BCUT2D eigenvalue weighted by Gasteiger charge is -2.59. The molecule has 0 saturated carbocycles. The first-order chi connectivity index (χ1) is 11.3. The van der Waals surface area contributed by atoms with Gasteiger partial charge in [-0.1, -0.05) is 30.3 Å². The van der Waals surface area contributed by atoms with Crippen molar-refractivity contribution in [3.63, 3.8) is 0 Å². The molecule has 2 aliphatic heterocycles. The minimum atomic E-state index is 0.240. The van der Waals surface area contributed by atoms with E-state index in [-0.39, 0.29) is 11.5 Å². The van der Waals surface area contributed by atoms with Crippen molar-refractivity contribution in [2.75, 3.05) is 24.7 Å². The van der Waals surface area contributed by atoms with E-state index in [1.807, 2.05) is 6.07 Å². The predicted molar refractivity (Wildman–Crippen MR) is 85.8 cm³/mol. The fourth-order valence-electron chi connectivity index (χ4n) is 3.87. The van der Waals surface area contributed by atoms with Crippen molar-refractivity contribution in [3.05, 3.63) is 54.0 Å². The molecule has 1 spiro atoms. The third kappa shape index (κ3) is 2.36. The van der Waals surface area contributed by atoms with Gasteiger partial charge in [0.15, 0.2) is 5.69 Å². The number of nitrogens with zero attached hydrogens (tertiary/aromatic N) is 4. The topological polar surface area (TPSA) is 62.0 Å². The van der Waals surface area contributed by atoms with E-state index < -0.39 is 0 Å². The van der Waals surface area contributed by atoms with Crippen LogP contribution >= 0.6 is 0 Å². The van der Waals surface area contributed by atoms with Gasteiger partial charge < -0.3 is 9.64 Å². The third-order valence-corrected chi connectivity index (χ3v) is 5.01. The maximum Gasteiger partial charge on any atom is 0.161 e. The molecule has 0 amide bonds. The van der Waals surface area contributed by atoms with Crippen molar-refractivity contribution in [1.82, 2.24) is 9.97 Å². The summed E-state index contributed by atoms with van der Waals surface area (Å²) in [6.07, 6.45) is 5.39. The van der Waals surface area contributed by atoms with Crippen molar-refractivity contribution in [1.29, 1.82) is 5.26 Å². The van der Waals surface area contributed by atoms with Crippen molar-refractivity contribution in [3.8, 4) is 6.07 Å². The van der Waals surface area contributed by atoms with Crippen LogP contribution < -0.4 is 4.90 Å². The number of nitriles is 1. The Labute approximate surface area is 135 Å². The lowest BCUT2D eigenvalue weighted by molar-refractivity contribution is -0.0295. The van der Waals surface area contributed by atoms with Crippen LogP contribution in [0.15, 0.2) is 42.7 Å². The van der Waals surface area contributed by atoms with Gasteiger partial charge >= 0.3 is 0 Å². The monoisotopic (exact) mass is 306 g/mol. The van der Waals surface area contributed by atoms with Crippen molar-refractivity contribution < 1.29 is 4.74 Å². The summed E-state index contributed by atoms with van der Waals surface area (Å²) >= 11 is 0. The van der Waals surface area contributed by atoms with E-state index in [0.29, 0.717) is 5.69 Å². The highest BCUT2D eigenvalue weighted by Crippen LogP contribution is 2.55. The zero-order chi connectivity index (χ0) is 15.7. The molecule has 0 radical (unpaired) electrons. The molecular weight excluding hydrogens is 288 g/mol. The normalized spacial score (nSPS) is 22.4. The minimum Gasteiger partial charge on any atom is -0.381 e. The Morgan fingerprint density at radius 1 is 1.17 bits per heavy atom. The Bertz CT molecular complexity index is 734. The third-order valence-electron chi connectivity index (χ3n) is 5.01. The van der Waals surface area contributed by atoms with Gasteiger partial charge in [0.05, 0.1) is 18.4 Å². The molecule has 4 rings (SSSR count). The van der Waals surface area contributed by atoms with Crippen LogP contribution in [-0.4, -0.2) is 29.7 Å². The maximum atomic E-state index is 9.07. The van der Waals surface area contributed by atoms with Crippen LogP contribution in [-0.2, 0) is 4.74 Å². The molecule has 0 unspecified atom stereocenters. The summed E-state index contributed by atoms with van der Waals surface area (Å²) in [5, 5.41) is 9.07. The summed E-state index contributed by atoms with van der Waals surface area (Å²) in [7, 11) is 0. The molecule has 1 aromatic carbocycles. The minimum absolute atomic E-state index is 0.240. The molecule has 0 aliphatic carbocycles. The number of hydrogen-bond donors (Lipinski definition) is 0. The fourth-order valence-corrected chi connectivity index (χ4v) is 3.87. The van der Waals surface area contributed by atoms with Crippen LogP contribution in [0.3, 0.4) is 0 Å². The van der Waals surface area contributed by atoms with Crippen LogP contribution in [0.1, 0.15) is 30.1 Å². The molecule has 3 heterocycles. The van der Waals surface area contributed by atoms with Gasteiger partial charge in [0.2, 0.25) is 0 Å². The zero-order valence-corrected chi connectivity index (χ0v) is 12.9. The van der Waals surface area contributed by atoms with Gasteiger partial charge in [0.25, 0.3) is 0 Å². The number of rotatable bonds is 2. The largest absolute Gasteiger partial charge is 0.381 e. The van der Waals surface area contributed by atoms with E-state index in [9.17, 15) is 0 Å². The number of hydrogen-bond acceptors (Lipinski definition) is 5. The van der Waals surface area contributed by atoms with Crippen LogP contribution in [0, 0.1) is 16.7 Å². The van der Waals surface area contributed by atoms with Crippen LogP contribution in [0.25, 0.3) is 0 Å². The molecular formula is C18H18N4O. The van der Waals surface area contributed by atoms with Crippen molar-refractivity contribution in [2.24, 2.45) is 5.41 Å². The van der Waals surface area contributed by atoms with E-state index >= 15 is 0 Å². The Kier molecular flexibility index (Phi) is 3.47. The number of ether oxygens (including phenoxy) is 1. The zero-order valence-electron chi connectivity index (χ0n) is 12.9. The van der Waals surface area contributed by atoms with Crippen LogP contribution in [0.4, 0.5) is 5.82 Å². The fraction of sp³-hybridized carbons (Fsp3) is 0.389. The van der Waals surface area contributed by atoms with Crippen molar-refractivity contribution >= 4 is 5.82 Å². The highest BCUT2D eigenvalue weighted by molar-refractivity contribution is 5.49. The summed E-state index contributed by atoms with van der Waals surface area (Å²) in [5.74, 6) is 0.787. The standard InChI is InChI=1S/C18H18N4O/c19-10-15-11-20-12-16(21-15)22-13-18(6-8-23-9-7-18)17(22)14-4-2-1-3-5-14/h1-5,11-12,17H,6-9,13H2/t17-/m1/s1. The van der Waals surface area contributed by atoms with Crippen LogP contribution in [0.5, 0.6) is 0 Å². The average molecular weight is 306 g/mol. The summed E-state index contributed by atoms with van der Waals surface area (Å²) < 4.78 is 5.57. The van der Waals surface area contributed by atoms with E-state index in [2.05, 4.69) is 45.2 Å². The first-order valence-electron chi connectivity index (χ1n) is 7.94. The second-order valence-electron chi connectivity index (χ2n) is 6.29. The Hall–Kier alpha value is -2.45. The highest BCUT2D eigenvalue weighted by atomic mass is 16.5. The molecule has 5 nitrogen and oxygen atoms in total. The van der Waals surface area contributed by atoms with E-state index in [1.165, 1.54) is 11.8 Å². The number of benzene rings is 1. The molecule has 0 N–H and O–H groups in total. The average Bonchev–Trinajstić information content (AvgIpc) is 2.61. The van der Waals surface area contributed by atoms with Crippen LogP contribution in [0.2, 0.25) is 0 Å². The van der Waals surface area contributed by atoms with E-state index in [1.54, 1.807) is 6.20 Å². The lowest BCUT2D eigenvalue weighted by atomic mass is 9.64. The SMILES string of the molecule is N#Cc1cncc(N2CC3(CCOCC3)[C@H]2c2ccccc2)n1. The first kappa shape index (κ1) is 14.2. The smallest absolute Gasteiger partial charge is 0.161 e. The number of anilines is 1.